The smallest absolute Gasteiger partial charge is 0.266 e. The van der Waals surface area contributed by atoms with Gasteiger partial charge in [-0.25, -0.2) is 0 Å². The summed E-state index contributed by atoms with van der Waals surface area (Å²) in [5, 5.41) is 15.9. The number of amides is 2. The summed E-state index contributed by atoms with van der Waals surface area (Å²) in [5.74, 6) is 1.39. The van der Waals surface area contributed by atoms with Crippen LogP contribution in [-0.2, 0) is 4.79 Å². The zero-order valence-electron chi connectivity index (χ0n) is 14.4. The van der Waals surface area contributed by atoms with E-state index in [9.17, 15) is 9.59 Å². The van der Waals surface area contributed by atoms with Gasteiger partial charge in [-0.1, -0.05) is 17.8 Å². The highest BCUT2D eigenvalue weighted by atomic mass is 32.2. The molecule has 0 unspecified atom stereocenters. The third kappa shape index (κ3) is 4.41. The summed E-state index contributed by atoms with van der Waals surface area (Å²) in [5.41, 5.74) is 0.632. The van der Waals surface area contributed by atoms with Crippen molar-refractivity contribution in [2.24, 2.45) is 0 Å². The van der Waals surface area contributed by atoms with Crippen molar-refractivity contribution in [3.05, 3.63) is 52.7 Å². The predicted octanol–water partition coefficient (Wildman–Crippen LogP) is 3.25. The quantitative estimate of drug-likeness (QED) is 0.597. The maximum atomic E-state index is 12.1. The van der Waals surface area contributed by atoms with Gasteiger partial charge in [-0.2, -0.15) is 0 Å². The molecule has 0 saturated heterocycles. The molecule has 0 fully saturated rings. The predicted molar refractivity (Wildman–Crippen MR) is 106 cm³/mol. The fourth-order valence-electron chi connectivity index (χ4n) is 2.36. The highest BCUT2D eigenvalue weighted by molar-refractivity contribution is 7.99. The van der Waals surface area contributed by atoms with E-state index in [0.29, 0.717) is 32.9 Å². The average Bonchev–Trinajstić information content (AvgIpc) is 3.39. The van der Waals surface area contributed by atoms with Crippen molar-refractivity contribution in [2.45, 2.75) is 5.03 Å². The number of rotatable bonds is 6. The molecule has 0 aliphatic carbocycles. The number of fused-ring (bicyclic) bond motifs is 1. The first-order valence-corrected chi connectivity index (χ1v) is 10.0. The molecule has 4 rings (SSSR count). The van der Waals surface area contributed by atoms with Crippen LogP contribution < -0.4 is 20.1 Å². The summed E-state index contributed by atoms with van der Waals surface area (Å²) in [4.78, 5) is 24.7. The number of hydrogen-bond donors (Lipinski definition) is 2. The van der Waals surface area contributed by atoms with E-state index >= 15 is 0 Å². The first kappa shape index (κ1) is 18.3. The number of anilines is 2. The monoisotopic (exact) mass is 414 g/mol. The fourth-order valence-corrected chi connectivity index (χ4v) is 3.59. The van der Waals surface area contributed by atoms with Gasteiger partial charge < -0.3 is 20.1 Å². The Balaban J connectivity index is 1.27. The molecular formula is C18H14N4O4S2. The van der Waals surface area contributed by atoms with Gasteiger partial charge in [0.1, 0.15) is 5.03 Å². The molecule has 1 aliphatic heterocycles. The molecule has 0 atom stereocenters. The standard InChI is InChI=1S/C18H14N4O4S2/c23-16(19-11-3-4-12-13(8-11)26-10-25-12)9-28-17-6-5-15(21-22-17)20-18(24)14-2-1-7-27-14/h1-8H,9-10H2,(H,19,23)(H,20,21,24). The summed E-state index contributed by atoms with van der Waals surface area (Å²) in [7, 11) is 0. The summed E-state index contributed by atoms with van der Waals surface area (Å²) in [6.07, 6.45) is 0. The van der Waals surface area contributed by atoms with Gasteiger partial charge in [0.2, 0.25) is 12.7 Å². The second-order valence-corrected chi connectivity index (χ2v) is 7.54. The first-order valence-electron chi connectivity index (χ1n) is 8.18. The number of carbonyl (C=O) groups excluding carboxylic acids is 2. The molecular weight excluding hydrogens is 400 g/mol. The lowest BCUT2D eigenvalue weighted by Crippen LogP contribution is -2.14. The number of aromatic nitrogens is 2. The lowest BCUT2D eigenvalue weighted by Gasteiger charge is -2.06. The van der Waals surface area contributed by atoms with Crippen LogP contribution in [0.5, 0.6) is 11.5 Å². The van der Waals surface area contributed by atoms with Gasteiger partial charge in [-0.3, -0.25) is 9.59 Å². The molecule has 0 bridgehead atoms. The molecule has 2 amide bonds. The van der Waals surface area contributed by atoms with Crippen molar-refractivity contribution >= 4 is 46.4 Å². The average molecular weight is 414 g/mol. The minimum atomic E-state index is -0.229. The van der Waals surface area contributed by atoms with Crippen LogP contribution >= 0.6 is 23.1 Å². The van der Waals surface area contributed by atoms with E-state index in [2.05, 4.69) is 20.8 Å². The summed E-state index contributed by atoms with van der Waals surface area (Å²) in [6.45, 7) is 0.186. The normalized spacial score (nSPS) is 11.9. The second kappa shape index (κ2) is 8.28. The van der Waals surface area contributed by atoms with Crippen LogP contribution in [0.2, 0.25) is 0 Å². The third-order valence-electron chi connectivity index (χ3n) is 3.63. The lowest BCUT2D eigenvalue weighted by atomic mass is 10.3. The van der Waals surface area contributed by atoms with Crippen LogP contribution in [-0.4, -0.2) is 34.6 Å². The molecule has 10 heteroatoms. The van der Waals surface area contributed by atoms with Crippen LogP contribution in [0.3, 0.4) is 0 Å². The van der Waals surface area contributed by atoms with Crippen LogP contribution in [0.25, 0.3) is 0 Å². The maximum absolute atomic E-state index is 12.1. The molecule has 0 saturated carbocycles. The van der Waals surface area contributed by atoms with Crippen molar-refractivity contribution in [2.75, 3.05) is 23.2 Å². The Morgan fingerprint density at radius 3 is 2.75 bits per heavy atom. The van der Waals surface area contributed by atoms with Gasteiger partial charge in [0.15, 0.2) is 17.3 Å². The van der Waals surface area contributed by atoms with Crippen molar-refractivity contribution < 1.29 is 19.1 Å². The van der Waals surface area contributed by atoms with E-state index in [1.165, 1.54) is 23.1 Å². The number of benzene rings is 1. The maximum Gasteiger partial charge on any atom is 0.266 e. The molecule has 8 nitrogen and oxygen atoms in total. The Morgan fingerprint density at radius 2 is 1.96 bits per heavy atom. The minimum absolute atomic E-state index is 0.171. The number of carbonyl (C=O) groups is 2. The SMILES string of the molecule is O=C(CSc1ccc(NC(=O)c2cccs2)nn1)Nc1ccc2c(c1)OCO2. The van der Waals surface area contributed by atoms with Crippen LogP contribution in [0, 0.1) is 0 Å². The third-order valence-corrected chi connectivity index (χ3v) is 5.42. The van der Waals surface area contributed by atoms with Gasteiger partial charge in [-0.05, 0) is 35.7 Å². The summed E-state index contributed by atoms with van der Waals surface area (Å²) in [6, 6.07) is 12.1. The van der Waals surface area contributed by atoms with E-state index in [0.717, 1.165) is 0 Å². The molecule has 142 valence electrons. The Bertz CT molecular complexity index is 993. The minimum Gasteiger partial charge on any atom is -0.454 e. The van der Waals surface area contributed by atoms with Gasteiger partial charge in [0, 0.05) is 11.8 Å². The van der Waals surface area contributed by atoms with E-state index in [1.807, 2.05) is 5.38 Å². The Hall–Kier alpha value is -3.11. The van der Waals surface area contributed by atoms with Gasteiger partial charge in [0.25, 0.3) is 5.91 Å². The molecule has 0 radical (unpaired) electrons. The van der Waals surface area contributed by atoms with Crippen LogP contribution in [0.4, 0.5) is 11.5 Å². The number of thioether (sulfide) groups is 1. The zero-order chi connectivity index (χ0) is 19.3. The van der Waals surface area contributed by atoms with E-state index in [-0.39, 0.29) is 24.4 Å². The molecule has 28 heavy (non-hydrogen) atoms. The molecule has 0 spiro atoms. The molecule has 3 heterocycles. The lowest BCUT2D eigenvalue weighted by molar-refractivity contribution is -0.113. The zero-order valence-corrected chi connectivity index (χ0v) is 16.0. The highest BCUT2D eigenvalue weighted by Gasteiger charge is 2.14. The number of nitrogens with zero attached hydrogens (tertiary/aromatic N) is 2. The van der Waals surface area contributed by atoms with Gasteiger partial charge in [0.05, 0.1) is 10.6 Å². The Labute approximate surface area is 168 Å². The number of thiophene rings is 1. The van der Waals surface area contributed by atoms with E-state index < -0.39 is 0 Å². The number of nitrogens with one attached hydrogen (secondary N) is 2. The summed E-state index contributed by atoms with van der Waals surface area (Å²) >= 11 is 2.59. The second-order valence-electron chi connectivity index (χ2n) is 5.59. The van der Waals surface area contributed by atoms with Crippen molar-refractivity contribution in [1.29, 1.82) is 0 Å². The highest BCUT2D eigenvalue weighted by Crippen LogP contribution is 2.34. The number of hydrogen-bond acceptors (Lipinski definition) is 8. The molecule has 1 aliphatic rings. The number of ether oxygens (including phenoxy) is 2. The van der Waals surface area contributed by atoms with Gasteiger partial charge in [-0.15, -0.1) is 21.5 Å². The topological polar surface area (TPSA) is 102 Å². The van der Waals surface area contributed by atoms with Crippen molar-refractivity contribution in [3.8, 4) is 11.5 Å². The summed E-state index contributed by atoms with van der Waals surface area (Å²) < 4.78 is 10.5. The van der Waals surface area contributed by atoms with Crippen molar-refractivity contribution in [3.63, 3.8) is 0 Å². The molecule has 2 aromatic heterocycles. The van der Waals surface area contributed by atoms with E-state index in [1.54, 1.807) is 42.5 Å². The molecule has 3 aromatic rings. The van der Waals surface area contributed by atoms with E-state index in [4.69, 9.17) is 9.47 Å². The Morgan fingerprint density at radius 1 is 1.07 bits per heavy atom. The Kier molecular flexibility index (Phi) is 5.40. The van der Waals surface area contributed by atoms with Crippen LogP contribution in [0.15, 0.2) is 52.9 Å². The van der Waals surface area contributed by atoms with Crippen LogP contribution in [0.1, 0.15) is 9.67 Å². The first-order chi connectivity index (χ1) is 13.7. The molecule has 1 aromatic carbocycles. The molecule has 2 N–H and O–H groups in total. The van der Waals surface area contributed by atoms with Crippen molar-refractivity contribution in [1.82, 2.24) is 10.2 Å². The largest absolute Gasteiger partial charge is 0.454 e. The van der Waals surface area contributed by atoms with Gasteiger partial charge >= 0.3 is 0 Å². The fraction of sp³-hybridized carbons (Fsp3) is 0.111.